The average Bonchev–Trinajstić information content (AvgIpc) is 3.54. The highest BCUT2D eigenvalue weighted by Crippen LogP contribution is 2.23. The van der Waals surface area contributed by atoms with Gasteiger partial charge in [0, 0.05) is 12.6 Å². The number of carbonyl (C=O) groups is 1. The Morgan fingerprint density at radius 3 is 2.57 bits per heavy atom. The number of nitrogens with one attached hydrogen (secondary N) is 1. The van der Waals surface area contributed by atoms with E-state index in [4.69, 9.17) is 10.4 Å². The van der Waals surface area contributed by atoms with Gasteiger partial charge in [-0.25, -0.2) is 10.1 Å². The fourth-order valence-electron chi connectivity index (χ4n) is 4.50. The molecule has 1 aliphatic heterocycles. The number of likely N-dealkylation sites (tertiary alicyclic amines) is 1. The van der Waals surface area contributed by atoms with Crippen molar-refractivity contribution in [3.05, 3.63) is 71.5 Å². The number of hydrazone groups is 1. The van der Waals surface area contributed by atoms with Gasteiger partial charge in [-0.15, -0.1) is 5.10 Å². The lowest BCUT2D eigenvalue weighted by Crippen LogP contribution is -2.38. The number of anilines is 1. The van der Waals surface area contributed by atoms with Crippen LogP contribution in [0.5, 0.6) is 0 Å². The number of hydrogen-bond acceptors (Lipinski definition) is 9. The second kappa shape index (κ2) is 10.7. The quantitative estimate of drug-likeness (QED) is 0.291. The number of aromatic nitrogens is 5. The Morgan fingerprint density at radius 2 is 1.86 bits per heavy atom. The Bertz CT molecular complexity index is 1390. The van der Waals surface area contributed by atoms with Crippen molar-refractivity contribution < 1.29 is 9.42 Å². The predicted molar refractivity (Wildman–Crippen MR) is 139 cm³/mol. The highest BCUT2D eigenvalue weighted by molar-refractivity contribution is 6.01. The number of benzene rings is 2. The van der Waals surface area contributed by atoms with Crippen LogP contribution in [0.2, 0.25) is 0 Å². The molecule has 0 bridgehead atoms. The van der Waals surface area contributed by atoms with Gasteiger partial charge in [0.15, 0.2) is 5.69 Å². The van der Waals surface area contributed by atoms with Crippen molar-refractivity contribution in [2.45, 2.75) is 45.7 Å². The summed E-state index contributed by atoms with van der Waals surface area (Å²) in [6, 6.07) is 18.5. The SMILES string of the molecule is C/C(=N/NC(=O)c1nnn(-c2nonc2N)c1CN1CCCCC1C)c1ccc(-c2ccccc2)cc1. The standard InChI is InChI=1S/C26H29N9O2/c1-17-8-6-7-15-34(17)16-22-23(29-33-35(22)25-24(27)31-37-32-25)26(36)30-28-18(2)19-11-13-21(14-12-19)20-9-4-3-5-10-20/h3-5,9-14,17H,6-8,15-16H2,1-2H3,(H2,27,31)(H,30,36)/b28-18-. The Balaban J connectivity index is 1.36. The third-order valence-corrected chi connectivity index (χ3v) is 6.70. The van der Waals surface area contributed by atoms with Gasteiger partial charge in [0.25, 0.3) is 5.91 Å². The van der Waals surface area contributed by atoms with Crippen molar-refractivity contribution in [1.29, 1.82) is 0 Å². The Hall–Kier alpha value is -4.38. The van der Waals surface area contributed by atoms with Gasteiger partial charge in [0.05, 0.1) is 11.4 Å². The number of rotatable bonds is 7. The van der Waals surface area contributed by atoms with Gasteiger partial charge < -0.3 is 5.73 Å². The first-order valence-electron chi connectivity index (χ1n) is 12.3. The van der Waals surface area contributed by atoms with E-state index < -0.39 is 5.91 Å². The molecule has 1 saturated heterocycles. The smallest absolute Gasteiger partial charge is 0.293 e. The van der Waals surface area contributed by atoms with Gasteiger partial charge >= 0.3 is 0 Å². The topological polar surface area (TPSA) is 140 Å². The van der Waals surface area contributed by atoms with Crippen molar-refractivity contribution in [3.63, 3.8) is 0 Å². The molecule has 3 N–H and O–H groups in total. The van der Waals surface area contributed by atoms with Crippen LogP contribution in [0.15, 0.2) is 64.3 Å². The normalized spacial score (nSPS) is 16.6. The monoisotopic (exact) mass is 499 g/mol. The van der Waals surface area contributed by atoms with Gasteiger partial charge in [-0.2, -0.15) is 9.78 Å². The molecule has 1 atom stereocenters. The summed E-state index contributed by atoms with van der Waals surface area (Å²) in [6.45, 7) is 5.38. The van der Waals surface area contributed by atoms with Crippen molar-refractivity contribution in [2.75, 3.05) is 12.3 Å². The van der Waals surface area contributed by atoms with E-state index in [1.807, 2.05) is 49.4 Å². The third kappa shape index (κ3) is 5.26. The Morgan fingerprint density at radius 1 is 1.11 bits per heavy atom. The molecule has 190 valence electrons. The highest BCUT2D eigenvalue weighted by Gasteiger charge is 2.28. The summed E-state index contributed by atoms with van der Waals surface area (Å²) in [5, 5.41) is 20.1. The fraction of sp³-hybridized carbons (Fsp3) is 0.308. The molecule has 37 heavy (non-hydrogen) atoms. The minimum Gasteiger partial charge on any atom is -0.378 e. The largest absolute Gasteiger partial charge is 0.378 e. The maximum atomic E-state index is 13.2. The molecule has 1 unspecified atom stereocenters. The zero-order chi connectivity index (χ0) is 25.8. The van der Waals surface area contributed by atoms with E-state index in [1.54, 1.807) is 0 Å². The molecule has 0 aliphatic carbocycles. The molecule has 3 heterocycles. The number of amides is 1. The molecule has 1 amide bonds. The van der Waals surface area contributed by atoms with Crippen LogP contribution in [0.25, 0.3) is 16.9 Å². The minimum absolute atomic E-state index is 0.0672. The van der Waals surface area contributed by atoms with Gasteiger partial charge in [-0.3, -0.25) is 9.69 Å². The maximum Gasteiger partial charge on any atom is 0.293 e. The van der Waals surface area contributed by atoms with Crippen LogP contribution in [-0.4, -0.2) is 54.4 Å². The lowest BCUT2D eigenvalue weighted by Gasteiger charge is -2.33. The first-order chi connectivity index (χ1) is 18.0. The van der Waals surface area contributed by atoms with Crippen molar-refractivity contribution in [2.24, 2.45) is 5.10 Å². The van der Waals surface area contributed by atoms with E-state index in [0.717, 1.165) is 36.1 Å². The number of nitrogens with two attached hydrogens (primary N) is 1. The van der Waals surface area contributed by atoms with E-state index >= 15 is 0 Å². The summed E-state index contributed by atoms with van der Waals surface area (Å²) >= 11 is 0. The van der Waals surface area contributed by atoms with E-state index in [-0.39, 0.29) is 17.3 Å². The van der Waals surface area contributed by atoms with Crippen molar-refractivity contribution >= 4 is 17.4 Å². The summed E-state index contributed by atoms with van der Waals surface area (Å²) in [7, 11) is 0. The third-order valence-electron chi connectivity index (χ3n) is 6.70. The molecule has 1 fully saturated rings. The molecular weight excluding hydrogens is 470 g/mol. The molecule has 1 aliphatic rings. The summed E-state index contributed by atoms with van der Waals surface area (Å²) < 4.78 is 6.17. The van der Waals surface area contributed by atoms with E-state index in [0.29, 0.717) is 24.0 Å². The second-order valence-electron chi connectivity index (χ2n) is 9.17. The Labute approximate surface area is 214 Å². The van der Waals surface area contributed by atoms with Crippen LogP contribution in [0.1, 0.15) is 54.9 Å². The van der Waals surface area contributed by atoms with Crippen LogP contribution in [-0.2, 0) is 6.54 Å². The number of nitrogens with zero attached hydrogens (tertiary/aromatic N) is 7. The molecule has 5 rings (SSSR count). The summed E-state index contributed by atoms with van der Waals surface area (Å²) in [4.78, 5) is 15.5. The van der Waals surface area contributed by atoms with Crippen LogP contribution in [0.4, 0.5) is 5.82 Å². The molecule has 0 saturated carbocycles. The van der Waals surface area contributed by atoms with E-state index in [2.05, 4.69) is 55.1 Å². The number of hydrogen-bond donors (Lipinski definition) is 2. The summed E-state index contributed by atoms with van der Waals surface area (Å²) in [5.74, 6) is -0.205. The summed E-state index contributed by atoms with van der Waals surface area (Å²) in [6.07, 6.45) is 3.36. The van der Waals surface area contributed by atoms with Gasteiger partial charge in [-0.05, 0) is 60.2 Å². The fourth-order valence-corrected chi connectivity index (χ4v) is 4.50. The lowest BCUT2D eigenvalue weighted by atomic mass is 10.0. The number of piperidine rings is 1. The van der Waals surface area contributed by atoms with E-state index in [1.165, 1.54) is 11.1 Å². The number of carbonyl (C=O) groups excluding carboxylic acids is 1. The molecule has 0 spiro atoms. The first-order valence-corrected chi connectivity index (χ1v) is 12.3. The number of nitrogen functional groups attached to an aromatic ring is 1. The van der Waals surface area contributed by atoms with Gasteiger partial charge in [0.1, 0.15) is 0 Å². The molecule has 4 aromatic rings. The van der Waals surface area contributed by atoms with Crippen LogP contribution < -0.4 is 11.2 Å². The molecule has 11 nitrogen and oxygen atoms in total. The lowest BCUT2D eigenvalue weighted by molar-refractivity contribution is 0.0944. The van der Waals surface area contributed by atoms with Crippen LogP contribution in [0.3, 0.4) is 0 Å². The van der Waals surface area contributed by atoms with Crippen LogP contribution in [0, 0.1) is 0 Å². The molecule has 2 aromatic heterocycles. The Kier molecular flexibility index (Phi) is 7.04. The molecule has 11 heteroatoms. The average molecular weight is 500 g/mol. The summed E-state index contributed by atoms with van der Waals surface area (Å²) in [5.41, 5.74) is 13.0. The highest BCUT2D eigenvalue weighted by atomic mass is 16.6. The van der Waals surface area contributed by atoms with Gasteiger partial charge in [-0.1, -0.05) is 66.2 Å². The molecular formula is C26H29N9O2. The van der Waals surface area contributed by atoms with Crippen LogP contribution >= 0.6 is 0 Å². The second-order valence-corrected chi connectivity index (χ2v) is 9.17. The minimum atomic E-state index is -0.471. The van der Waals surface area contributed by atoms with Crippen molar-refractivity contribution in [3.8, 4) is 16.9 Å². The van der Waals surface area contributed by atoms with Crippen molar-refractivity contribution in [1.82, 2.24) is 35.6 Å². The zero-order valence-corrected chi connectivity index (χ0v) is 20.8. The zero-order valence-electron chi connectivity index (χ0n) is 20.8. The predicted octanol–water partition coefficient (Wildman–Crippen LogP) is 3.43. The van der Waals surface area contributed by atoms with E-state index in [9.17, 15) is 4.79 Å². The van der Waals surface area contributed by atoms with Gasteiger partial charge in [0.2, 0.25) is 11.6 Å². The first kappa shape index (κ1) is 24.3. The molecule has 0 radical (unpaired) electrons. The molecule has 2 aromatic carbocycles. The maximum absolute atomic E-state index is 13.2.